The highest BCUT2D eigenvalue weighted by atomic mass is 16.6. The van der Waals surface area contributed by atoms with Gasteiger partial charge in [0.05, 0.1) is 7.11 Å². The number of esters is 1. The summed E-state index contributed by atoms with van der Waals surface area (Å²) in [7, 11) is 1.55. The molecule has 0 spiro atoms. The molecule has 0 N–H and O–H groups in total. The van der Waals surface area contributed by atoms with Crippen molar-refractivity contribution in [3.05, 3.63) is 48.1 Å². The van der Waals surface area contributed by atoms with Crippen LogP contribution in [0.15, 0.2) is 42.5 Å². The molecule has 18 heavy (non-hydrogen) atoms. The molecule has 3 heteroatoms. The van der Waals surface area contributed by atoms with Crippen molar-refractivity contribution in [3.63, 3.8) is 0 Å². The van der Waals surface area contributed by atoms with Gasteiger partial charge in [0, 0.05) is 5.57 Å². The third-order valence-electron chi connectivity index (χ3n) is 2.57. The first-order chi connectivity index (χ1) is 8.62. The lowest BCUT2D eigenvalue weighted by atomic mass is 10.1. The van der Waals surface area contributed by atoms with Crippen molar-refractivity contribution < 1.29 is 14.3 Å². The van der Waals surface area contributed by atoms with Gasteiger partial charge in [-0.1, -0.05) is 18.2 Å². The van der Waals surface area contributed by atoms with E-state index in [-0.39, 0.29) is 5.97 Å². The number of benzene rings is 1. The molecule has 0 fully saturated rings. The van der Waals surface area contributed by atoms with E-state index < -0.39 is 0 Å². The Bertz CT molecular complexity index is 473. The molecule has 0 saturated carbocycles. The second-order valence-corrected chi connectivity index (χ2v) is 3.84. The van der Waals surface area contributed by atoms with Gasteiger partial charge in [0.25, 0.3) is 0 Å². The lowest BCUT2D eigenvalue weighted by molar-refractivity contribution is -0.130. The predicted octanol–water partition coefficient (Wildman–Crippen LogP) is 3.30. The molecule has 0 heterocycles. The van der Waals surface area contributed by atoms with Crippen molar-refractivity contribution in [2.75, 3.05) is 7.11 Å². The summed E-state index contributed by atoms with van der Waals surface area (Å²) >= 11 is 0. The zero-order chi connectivity index (χ0) is 13.5. The summed E-state index contributed by atoms with van der Waals surface area (Å²) in [5.41, 5.74) is 1.62. The van der Waals surface area contributed by atoms with Gasteiger partial charge < -0.3 is 9.47 Å². The fourth-order valence-corrected chi connectivity index (χ4v) is 1.39. The minimum absolute atomic E-state index is 0.368. The zero-order valence-electron chi connectivity index (χ0n) is 11.0. The molecule has 0 amide bonds. The Labute approximate surface area is 108 Å². The lowest BCUT2D eigenvalue weighted by Crippen LogP contribution is -2.09. The highest BCUT2D eigenvalue weighted by molar-refractivity contribution is 5.89. The van der Waals surface area contributed by atoms with Gasteiger partial charge in [-0.2, -0.15) is 0 Å². The van der Waals surface area contributed by atoms with E-state index in [4.69, 9.17) is 9.47 Å². The lowest BCUT2D eigenvalue weighted by Gasteiger charge is -2.10. The second-order valence-electron chi connectivity index (χ2n) is 3.84. The summed E-state index contributed by atoms with van der Waals surface area (Å²) in [5, 5.41) is 0. The van der Waals surface area contributed by atoms with E-state index >= 15 is 0 Å². The number of methoxy groups -OCH3 is 1. The monoisotopic (exact) mass is 246 g/mol. The van der Waals surface area contributed by atoms with Gasteiger partial charge in [-0.25, -0.2) is 4.79 Å². The molecule has 0 aliphatic rings. The number of ether oxygens (including phenoxy) is 2. The van der Waals surface area contributed by atoms with E-state index in [0.29, 0.717) is 17.1 Å². The van der Waals surface area contributed by atoms with E-state index in [1.165, 1.54) is 0 Å². The second kappa shape index (κ2) is 6.64. The summed E-state index contributed by atoms with van der Waals surface area (Å²) in [6.07, 6.45) is 4.27. The maximum absolute atomic E-state index is 11.7. The van der Waals surface area contributed by atoms with Crippen LogP contribution in [0.5, 0.6) is 11.5 Å². The van der Waals surface area contributed by atoms with Gasteiger partial charge in [0.1, 0.15) is 0 Å². The van der Waals surface area contributed by atoms with Crippen LogP contribution in [0.25, 0.3) is 0 Å². The summed E-state index contributed by atoms with van der Waals surface area (Å²) in [6, 6.07) is 5.46. The first-order valence-electron chi connectivity index (χ1n) is 5.75. The average Bonchev–Trinajstić information content (AvgIpc) is 2.39. The standard InChI is InChI=1S/C15H18O3/c1-5-7-12-8-9-13(14(10-12)17-4)18-15(16)11(3)6-2/h5-6,8-10H,1,7H2,2-4H3/b11-6+. The molecule has 0 atom stereocenters. The normalized spacial score (nSPS) is 10.9. The van der Waals surface area contributed by atoms with Gasteiger partial charge in [0.2, 0.25) is 0 Å². The number of hydrogen-bond acceptors (Lipinski definition) is 3. The number of rotatable bonds is 5. The largest absolute Gasteiger partial charge is 0.493 e. The molecule has 1 rings (SSSR count). The molecule has 1 aromatic rings. The highest BCUT2D eigenvalue weighted by Crippen LogP contribution is 2.28. The Morgan fingerprint density at radius 3 is 2.67 bits per heavy atom. The smallest absolute Gasteiger partial charge is 0.338 e. The molecule has 0 saturated heterocycles. The van der Waals surface area contributed by atoms with Gasteiger partial charge in [0.15, 0.2) is 11.5 Å². The SMILES string of the molecule is C=CCc1ccc(OC(=O)/C(C)=C/C)c(OC)c1. The van der Waals surface area contributed by atoms with Crippen molar-refractivity contribution in [2.24, 2.45) is 0 Å². The molecule has 0 bridgehead atoms. The van der Waals surface area contributed by atoms with Crippen molar-refractivity contribution >= 4 is 5.97 Å². The summed E-state index contributed by atoms with van der Waals surface area (Å²) in [4.78, 5) is 11.7. The summed E-state index contributed by atoms with van der Waals surface area (Å²) in [5.74, 6) is 0.607. The Hall–Kier alpha value is -2.03. The summed E-state index contributed by atoms with van der Waals surface area (Å²) in [6.45, 7) is 7.18. The Morgan fingerprint density at radius 1 is 1.39 bits per heavy atom. The van der Waals surface area contributed by atoms with Crippen molar-refractivity contribution in [1.82, 2.24) is 0 Å². The third-order valence-corrected chi connectivity index (χ3v) is 2.57. The fraction of sp³-hybridized carbons (Fsp3) is 0.267. The molecule has 3 nitrogen and oxygen atoms in total. The molecule has 0 aromatic heterocycles. The number of carbonyl (C=O) groups excluding carboxylic acids is 1. The molecule has 0 aliphatic carbocycles. The Balaban J connectivity index is 2.95. The maximum Gasteiger partial charge on any atom is 0.338 e. The molecule has 96 valence electrons. The predicted molar refractivity (Wildman–Crippen MR) is 72.0 cm³/mol. The van der Waals surface area contributed by atoms with Crippen molar-refractivity contribution in [2.45, 2.75) is 20.3 Å². The average molecular weight is 246 g/mol. The van der Waals surface area contributed by atoms with E-state index in [1.807, 2.05) is 18.2 Å². The van der Waals surface area contributed by atoms with Crippen molar-refractivity contribution in [1.29, 1.82) is 0 Å². The molecule has 0 unspecified atom stereocenters. The topological polar surface area (TPSA) is 35.5 Å². The van der Waals surface area contributed by atoms with Gasteiger partial charge in [-0.05, 0) is 38.0 Å². The first-order valence-corrected chi connectivity index (χ1v) is 5.75. The quantitative estimate of drug-likeness (QED) is 0.346. The number of hydrogen-bond donors (Lipinski definition) is 0. The Kier molecular flexibility index (Phi) is 5.18. The van der Waals surface area contributed by atoms with Crippen molar-refractivity contribution in [3.8, 4) is 11.5 Å². The Morgan fingerprint density at radius 2 is 2.11 bits per heavy atom. The van der Waals surface area contributed by atoms with Gasteiger partial charge in [-0.15, -0.1) is 6.58 Å². The van der Waals surface area contributed by atoms with Crippen LogP contribution >= 0.6 is 0 Å². The minimum Gasteiger partial charge on any atom is -0.493 e. The van der Waals surface area contributed by atoms with E-state index in [1.54, 1.807) is 33.1 Å². The van der Waals surface area contributed by atoms with E-state index in [9.17, 15) is 4.79 Å². The zero-order valence-corrected chi connectivity index (χ0v) is 11.0. The first kappa shape index (κ1) is 14.0. The number of allylic oxidation sites excluding steroid dienone is 2. The molecule has 1 aromatic carbocycles. The highest BCUT2D eigenvalue weighted by Gasteiger charge is 2.11. The third kappa shape index (κ3) is 3.48. The molecule has 0 aliphatic heterocycles. The molecular weight excluding hydrogens is 228 g/mol. The molecular formula is C15H18O3. The minimum atomic E-state index is -0.368. The van der Waals surface area contributed by atoms with Crippen LogP contribution in [0.3, 0.4) is 0 Å². The van der Waals surface area contributed by atoms with Crippen LogP contribution in [-0.2, 0) is 11.2 Å². The summed E-state index contributed by atoms with van der Waals surface area (Å²) < 4.78 is 10.5. The maximum atomic E-state index is 11.7. The fourth-order valence-electron chi connectivity index (χ4n) is 1.39. The van der Waals surface area contributed by atoms with Crippen LogP contribution in [0.4, 0.5) is 0 Å². The van der Waals surface area contributed by atoms with Crippen LogP contribution in [0.1, 0.15) is 19.4 Å². The van der Waals surface area contributed by atoms with E-state index in [0.717, 1.165) is 12.0 Å². The van der Waals surface area contributed by atoms with Gasteiger partial charge in [-0.3, -0.25) is 0 Å². The van der Waals surface area contributed by atoms with E-state index in [2.05, 4.69) is 6.58 Å². The number of carbonyl (C=O) groups is 1. The van der Waals surface area contributed by atoms with Crippen LogP contribution in [-0.4, -0.2) is 13.1 Å². The van der Waals surface area contributed by atoms with Crippen LogP contribution in [0.2, 0.25) is 0 Å². The van der Waals surface area contributed by atoms with Crippen LogP contribution in [0, 0.1) is 0 Å². The van der Waals surface area contributed by atoms with Gasteiger partial charge >= 0.3 is 5.97 Å². The van der Waals surface area contributed by atoms with Crippen LogP contribution < -0.4 is 9.47 Å². The molecule has 0 radical (unpaired) electrons.